The van der Waals surface area contributed by atoms with Gasteiger partial charge in [0.2, 0.25) is 0 Å². The molecule has 1 aromatic heterocycles. The molecule has 1 unspecified atom stereocenters. The van der Waals surface area contributed by atoms with E-state index in [1.165, 1.54) is 0 Å². The van der Waals surface area contributed by atoms with E-state index in [-0.39, 0.29) is 0 Å². The van der Waals surface area contributed by atoms with Gasteiger partial charge in [-0.3, -0.25) is 4.68 Å². The maximum Gasteiger partial charge on any atom is 0.125 e. The Morgan fingerprint density at radius 1 is 1.53 bits per heavy atom. The van der Waals surface area contributed by atoms with E-state index in [4.69, 9.17) is 0 Å². The van der Waals surface area contributed by atoms with Gasteiger partial charge in [-0.1, -0.05) is 6.92 Å². The van der Waals surface area contributed by atoms with E-state index in [0.29, 0.717) is 24.5 Å². The molecule has 4 nitrogen and oxygen atoms in total. The fraction of sp³-hybridized carbons (Fsp3) is 0.750. The first-order valence-electron chi connectivity index (χ1n) is 6.02. The van der Waals surface area contributed by atoms with Gasteiger partial charge in [0.25, 0.3) is 0 Å². The number of aliphatic hydroxyl groups is 2. The number of aromatic nitrogens is 2. The molecule has 2 N–H and O–H groups in total. The predicted octanol–water partition coefficient (Wildman–Crippen LogP) is 2.16. The van der Waals surface area contributed by atoms with Crippen LogP contribution >= 0.6 is 15.9 Å². The maximum absolute atomic E-state index is 10.6. The second kappa shape index (κ2) is 4.71. The topological polar surface area (TPSA) is 58.3 Å². The second-order valence-corrected chi connectivity index (χ2v) is 6.04. The van der Waals surface area contributed by atoms with Crippen molar-refractivity contribution in [3.05, 3.63) is 16.4 Å². The minimum absolute atomic E-state index is 0.637. The first-order valence-corrected chi connectivity index (χ1v) is 6.81. The number of nitrogens with zero attached hydrogens (tertiary/aromatic N) is 2. The molecule has 1 saturated carbocycles. The van der Waals surface area contributed by atoms with Crippen LogP contribution in [0.25, 0.3) is 0 Å². The van der Waals surface area contributed by atoms with Crippen LogP contribution < -0.4 is 0 Å². The van der Waals surface area contributed by atoms with Crippen molar-refractivity contribution < 1.29 is 10.2 Å². The molecule has 1 aliphatic carbocycles. The zero-order valence-corrected chi connectivity index (χ0v) is 11.8. The maximum atomic E-state index is 10.6. The van der Waals surface area contributed by atoms with Gasteiger partial charge in [-0.15, -0.1) is 0 Å². The van der Waals surface area contributed by atoms with E-state index in [9.17, 15) is 10.2 Å². The number of hydrogen-bond donors (Lipinski definition) is 2. The van der Waals surface area contributed by atoms with E-state index in [0.717, 1.165) is 17.3 Å². The van der Waals surface area contributed by atoms with Crippen LogP contribution in [0.3, 0.4) is 0 Å². The molecule has 0 bridgehead atoms. The van der Waals surface area contributed by atoms with Gasteiger partial charge in [0.05, 0.1) is 22.0 Å². The predicted molar refractivity (Wildman–Crippen MR) is 68.4 cm³/mol. The lowest BCUT2D eigenvalue weighted by Crippen LogP contribution is -2.40. The summed E-state index contributed by atoms with van der Waals surface area (Å²) in [5.74, 6) is 0.637. The first kappa shape index (κ1) is 13.1. The Bertz CT molecular complexity index is 378. The van der Waals surface area contributed by atoms with Gasteiger partial charge < -0.3 is 10.2 Å². The number of aliphatic hydroxyl groups excluding tert-OH is 1. The van der Waals surface area contributed by atoms with E-state index in [1.807, 2.05) is 0 Å². The Hall–Kier alpha value is -0.390. The zero-order valence-electron chi connectivity index (χ0n) is 10.2. The highest BCUT2D eigenvalue weighted by atomic mass is 79.9. The molecule has 0 spiro atoms. The summed E-state index contributed by atoms with van der Waals surface area (Å²) >= 11 is 3.37. The van der Waals surface area contributed by atoms with Crippen molar-refractivity contribution in [2.45, 2.75) is 44.3 Å². The molecule has 0 aliphatic heterocycles. The minimum Gasteiger partial charge on any atom is -0.387 e. The zero-order chi connectivity index (χ0) is 12.6. The van der Waals surface area contributed by atoms with Crippen LogP contribution in [0.15, 0.2) is 10.7 Å². The average molecular weight is 303 g/mol. The third-order valence-corrected chi connectivity index (χ3v) is 4.46. The van der Waals surface area contributed by atoms with Gasteiger partial charge >= 0.3 is 0 Å². The molecule has 17 heavy (non-hydrogen) atoms. The largest absolute Gasteiger partial charge is 0.387 e. The highest BCUT2D eigenvalue weighted by Gasteiger charge is 2.41. The normalized spacial score (nSPS) is 31.5. The Morgan fingerprint density at radius 2 is 2.12 bits per heavy atom. The van der Waals surface area contributed by atoms with E-state index in [1.54, 1.807) is 17.9 Å². The van der Waals surface area contributed by atoms with Crippen molar-refractivity contribution in [1.82, 2.24) is 9.78 Å². The molecule has 0 aromatic carbocycles. The molecule has 96 valence electrons. The van der Waals surface area contributed by atoms with Crippen molar-refractivity contribution in [3.63, 3.8) is 0 Å². The SMILES string of the molecule is CC1CCC(O)(C(O)c2c(Br)cnn2C)CC1. The molecule has 1 heterocycles. The summed E-state index contributed by atoms with van der Waals surface area (Å²) in [7, 11) is 1.78. The number of rotatable bonds is 2. The second-order valence-electron chi connectivity index (χ2n) is 5.19. The lowest BCUT2D eigenvalue weighted by atomic mass is 9.76. The van der Waals surface area contributed by atoms with Crippen LogP contribution in [0.4, 0.5) is 0 Å². The molecule has 1 aliphatic rings. The average Bonchev–Trinajstić information content (AvgIpc) is 2.62. The standard InChI is InChI=1S/C12H19BrN2O2/c1-8-3-5-12(17,6-4-8)11(16)10-9(13)7-14-15(10)2/h7-8,11,16-17H,3-6H2,1-2H3. The Balaban J connectivity index is 2.22. The molecular formula is C12H19BrN2O2. The summed E-state index contributed by atoms with van der Waals surface area (Å²) in [6, 6.07) is 0. The Labute approximate surface area is 110 Å². The van der Waals surface area contributed by atoms with Crippen molar-refractivity contribution in [2.24, 2.45) is 13.0 Å². The molecule has 5 heteroatoms. The summed E-state index contributed by atoms with van der Waals surface area (Å²) in [4.78, 5) is 0. The summed E-state index contributed by atoms with van der Waals surface area (Å²) in [5.41, 5.74) is -0.356. The van der Waals surface area contributed by atoms with Crippen molar-refractivity contribution in [1.29, 1.82) is 0 Å². The quantitative estimate of drug-likeness (QED) is 0.880. The Morgan fingerprint density at radius 3 is 2.59 bits per heavy atom. The minimum atomic E-state index is -1.01. The lowest BCUT2D eigenvalue weighted by Gasteiger charge is -2.38. The van der Waals surface area contributed by atoms with Crippen LogP contribution in [0.5, 0.6) is 0 Å². The van der Waals surface area contributed by atoms with Crippen LogP contribution in [-0.2, 0) is 7.05 Å². The van der Waals surface area contributed by atoms with Crippen LogP contribution in [0.2, 0.25) is 0 Å². The summed E-state index contributed by atoms with van der Waals surface area (Å²) in [6.45, 7) is 2.19. The molecule has 0 amide bonds. The van der Waals surface area contributed by atoms with Crippen molar-refractivity contribution in [2.75, 3.05) is 0 Å². The molecule has 1 fully saturated rings. The molecule has 1 atom stereocenters. The van der Waals surface area contributed by atoms with E-state index in [2.05, 4.69) is 28.0 Å². The third kappa shape index (κ3) is 2.41. The first-order chi connectivity index (χ1) is 7.94. The summed E-state index contributed by atoms with van der Waals surface area (Å²) in [5, 5.41) is 25.0. The fourth-order valence-electron chi connectivity index (χ4n) is 2.52. The molecule has 0 radical (unpaired) electrons. The van der Waals surface area contributed by atoms with Crippen LogP contribution in [0.1, 0.15) is 44.4 Å². The van der Waals surface area contributed by atoms with Gasteiger partial charge in [0.15, 0.2) is 0 Å². The van der Waals surface area contributed by atoms with Crippen LogP contribution in [0, 0.1) is 5.92 Å². The van der Waals surface area contributed by atoms with Gasteiger partial charge in [0, 0.05) is 7.05 Å². The smallest absolute Gasteiger partial charge is 0.125 e. The third-order valence-electron chi connectivity index (χ3n) is 3.85. The van der Waals surface area contributed by atoms with E-state index >= 15 is 0 Å². The van der Waals surface area contributed by atoms with Gasteiger partial charge in [0.1, 0.15) is 6.10 Å². The monoisotopic (exact) mass is 302 g/mol. The highest BCUT2D eigenvalue weighted by molar-refractivity contribution is 9.10. The number of halogens is 1. The molecule has 0 saturated heterocycles. The Kier molecular flexibility index (Phi) is 3.61. The number of aryl methyl sites for hydroxylation is 1. The summed E-state index contributed by atoms with van der Waals surface area (Å²) in [6.07, 6.45) is 3.98. The lowest BCUT2D eigenvalue weighted by molar-refractivity contribution is -0.108. The molecule has 2 rings (SSSR count). The molecule has 1 aromatic rings. The van der Waals surface area contributed by atoms with Crippen LogP contribution in [-0.4, -0.2) is 25.6 Å². The molecular weight excluding hydrogens is 284 g/mol. The van der Waals surface area contributed by atoms with Gasteiger partial charge in [-0.05, 0) is 47.5 Å². The van der Waals surface area contributed by atoms with E-state index < -0.39 is 11.7 Å². The van der Waals surface area contributed by atoms with Crippen molar-refractivity contribution >= 4 is 15.9 Å². The number of hydrogen-bond acceptors (Lipinski definition) is 3. The van der Waals surface area contributed by atoms with Gasteiger partial charge in [-0.25, -0.2) is 0 Å². The van der Waals surface area contributed by atoms with Crippen molar-refractivity contribution in [3.8, 4) is 0 Å². The highest BCUT2D eigenvalue weighted by Crippen LogP contribution is 2.41. The fourth-order valence-corrected chi connectivity index (χ4v) is 3.08. The summed E-state index contributed by atoms with van der Waals surface area (Å²) < 4.78 is 2.37. The van der Waals surface area contributed by atoms with Gasteiger partial charge in [-0.2, -0.15) is 5.10 Å².